The molecule has 1 aliphatic rings. The summed E-state index contributed by atoms with van der Waals surface area (Å²) >= 11 is 0. The first-order chi connectivity index (χ1) is 10.7. The van der Waals surface area contributed by atoms with Crippen molar-refractivity contribution in [1.29, 1.82) is 0 Å². The highest BCUT2D eigenvalue weighted by atomic mass is 19.1. The lowest BCUT2D eigenvalue weighted by molar-refractivity contribution is -0.0892. The third kappa shape index (κ3) is 2.94. The lowest BCUT2D eigenvalue weighted by atomic mass is 9.92. The Morgan fingerprint density at radius 2 is 2.22 bits per heavy atom. The minimum atomic E-state index is -2.33. The molecule has 0 saturated carbocycles. The van der Waals surface area contributed by atoms with E-state index in [4.69, 9.17) is 4.74 Å². The molecule has 2 rings (SSSR count). The maximum atomic E-state index is 12.4. The van der Waals surface area contributed by atoms with Gasteiger partial charge in [-0.1, -0.05) is 11.8 Å². The van der Waals surface area contributed by atoms with Crippen molar-refractivity contribution < 1.29 is 24.4 Å². The molecule has 1 aliphatic heterocycles. The number of nitrogens with zero attached hydrogens (tertiary/aromatic N) is 1. The molecule has 23 heavy (non-hydrogen) atoms. The van der Waals surface area contributed by atoms with E-state index < -0.39 is 48.1 Å². The fourth-order valence-corrected chi connectivity index (χ4v) is 2.58. The predicted molar refractivity (Wildman–Crippen MR) is 76.4 cm³/mol. The predicted octanol–water partition coefficient (Wildman–Crippen LogP) is -1.81. The number of aromatic nitrogens is 2. The maximum Gasteiger partial charge on any atom is 0.330 e. The average Bonchev–Trinajstić information content (AvgIpc) is 2.70. The standard InChI is InChI=1S/C14H17FN2O6/c1-7-6-9(19)16-13(21)17(7)12-14(22,4-3-5-15)11(20)10(23-12)8(2)18/h6,8,10-12,18,20,22H,5H2,1-2H3,(H,16,19,21)/t8-,10?,11+,12-,14?/m1/s1. The largest absolute Gasteiger partial charge is 0.391 e. The normalized spacial score (nSPS) is 31.5. The average molecular weight is 328 g/mol. The summed E-state index contributed by atoms with van der Waals surface area (Å²) in [7, 11) is 0. The third-order valence-electron chi connectivity index (χ3n) is 3.66. The Hall–Kier alpha value is -1.99. The van der Waals surface area contributed by atoms with Gasteiger partial charge < -0.3 is 20.1 Å². The van der Waals surface area contributed by atoms with Crippen LogP contribution in [-0.2, 0) is 4.74 Å². The first-order valence-electron chi connectivity index (χ1n) is 6.84. The summed E-state index contributed by atoms with van der Waals surface area (Å²) in [5, 5.41) is 30.6. The lowest BCUT2D eigenvalue weighted by Gasteiger charge is -2.27. The fourth-order valence-electron chi connectivity index (χ4n) is 2.58. The van der Waals surface area contributed by atoms with Crippen LogP contribution in [0.5, 0.6) is 0 Å². The van der Waals surface area contributed by atoms with Crippen LogP contribution in [0.3, 0.4) is 0 Å². The van der Waals surface area contributed by atoms with E-state index in [0.717, 1.165) is 10.6 Å². The highest BCUT2D eigenvalue weighted by molar-refractivity contribution is 5.24. The Bertz CT molecular complexity index is 761. The topological polar surface area (TPSA) is 125 Å². The zero-order valence-electron chi connectivity index (χ0n) is 12.5. The number of aryl methyl sites for hydroxylation is 1. The summed E-state index contributed by atoms with van der Waals surface area (Å²) in [5.41, 5.74) is -3.73. The van der Waals surface area contributed by atoms with Gasteiger partial charge in [-0.25, -0.2) is 9.18 Å². The molecule has 2 heterocycles. The van der Waals surface area contributed by atoms with Crippen molar-refractivity contribution in [3.8, 4) is 11.8 Å². The summed E-state index contributed by atoms with van der Waals surface area (Å²) in [4.78, 5) is 25.4. The Kier molecular flexibility index (Phi) is 4.72. The van der Waals surface area contributed by atoms with E-state index in [-0.39, 0.29) is 5.69 Å². The Morgan fingerprint density at radius 3 is 2.74 bits per heavy atom. The van der Waals surface area contributed by atoms with E-state index in [1.54, 1.807) is 0 Å². The van der Waals surface area contributed by atoms with Crippen LogP contribution in [0.25, 0.3) is 0 Å². The first-order valence-corrected chi connectivity index (χ1v) is 6.84. The first kappa shape index (κ1) is 17.4. The summed E-state index contributed by atoms with van der Waals surface area (Å²) < 4.78 is 18.7. The zero-order valence-corrected chi connectivity index (χ0v) is 12.5. The number of aliphatic hydroxyl groups is 3. The summed E-state index contributed by atoms with van der Waals surface area (Å²) in [5.74, 6) is 4.15. The number of halogens is 1. The highest BCUT2D eigenvalue weighted by Crippen LogP contribution is 2.39. The van der Waals surface area contributed by atoms with E-state index in [9.17, 15) is 29.3 Å². The molecule has 2 unspecified atom stereocenters. The SMILES string of the molecule is Cc1cc(=O)[nH]c(=O)n1[C@@H]1OC([C@@H](C)O)[C@H](O)C1(O)C#CCF. The number of alkyl halides is 1. The van der Waals surface area contributed by atoms with Crippen molar-refractivity contribution in [3.05, 3.63) is 32.6 Å². The zero-order chi connectivity index (χ0) is 17.4. The smallest absolute Gasteiger partial charge is 0.330 e. The van der Waals surface area contributed by atoms with Crippen LogP contribution < -0.4 is 11.2 Å². The molecule has 8 nitrogen and oxygen atoms in total. The second kappa shape index (κ2) is 6.25. The highest BCUT2D eigenvalue weighted by Gasteiger charge is 2.57. The van der Waals surface area contributed by atoms with Crippen LogP contribution in [-0.4, -0.2) is 55.5 Å². The summed E-state index contributed by atoms with van der Waals surface area (Å²) in [6.07, 6.45) is -5.66. The lowest BCUT2D eigenvalue weighted by Crippen LogP contribution is -2.49. The third-order valence-corrected chi connectivity index (χ3v) is 3.66. The van der Waals surface area contributed by atoms with E-state index in [2.05, 4.69) is 5.92 Å². The molecule has 0 amide bonds. The Balaban J connectivity index is 2.63. The van der Waals surface area contributed by atoms with E-state index >= 15 is 0 Å². The van der Waals surface area contributed by atoms with E-state index in [1.807, 2.05) is 10.9 Å². The van der Waals surface area contributed by atoms with E-state index in [0.29, 0.717) is 0 Å². The molecule has 0 spiro atoms. The fraction of sp³-hybridized carbons (Fsp3) is 0.571. The second-order valence-electron chi connectivity index (χ2n) is 5.35. The van der Waals surface area contributed by atoms with Gasteiger partial charge in [-0.15, -0.1) is 0 Å². The van der Waals surface area contributed by atoms with Crippen LogP contribution in [0.2, 0.25) is 0 Å². The van der Waals surface area contributed by atoms with Crippen LogP contribution >= 0.6 is 0 Å². The van der Waals surface area contributed by atoms with Gasteiger partial charge in [0.15, 0.2) is 11.8 Å². The molecule has 1 fully saturated rings. The molecule has 4 N–H and O–H groups in total. The molecule has 1 aromatic heterocycles. The quantitative estimate of drug-likeness (QED) is 0.474. The monoisotopic (exact) mass is 328 g/mol. The van der Waals surface area contributed by atoms with Crippen molar-refractivity contribution in [2.24, 2.45) is 0 Å². The maximum absolute atomic E-state index is 12.4. The van der Waals surface area contributed by atoms with Crippen molar-refractivity contribution in [2.75, 3.05) is 6.67 Å². The number of H-pyrrole nitrogens is 1. The van der Waals surface area contributed by atoms with Gasteiger partial charge in [-0.05, 0) is 13.8 Å². The van der Waals surface area contributed by atoms with Gasteiger partial charge in [-0.3, -0.25) is 14.3 Å². The van der Waals surface area contributed by atoms with Crippen LogP contribution in [0.15, 0.2) is 15.7 Å². The molecule has 0 aromatic carbocycles. The van der Waals surface area contributed by atoms with Gasteiger partial charge in [0.25, 0.3) is 5.56 Å². The number of aliphatic hydroxyl groups excluding tert-OH is 2. The van der Waals surface area contributed by atoms with Gasteiger partial charge in [0.1, 0.15) is 18.9 Å². The van der Waals surface area contributed by atoms with Crippen molar-refractivity contribution >= 4 is 0 Å². The van der Waals surface area contributed by atoms with Crippen molar-refractivity contribution in [2.45, 2.75) is 44.0 Å². The molecule has 0 aliphatic carbocycles. The van der Waals surface area contributed by atoms with Crippen LogP contribution in [0.1, 0.15) is 18.8 Å². The van der Waals surface area contributed by atoms with Crippen LogP contribution in [0.4, 0.5) is 4.39 Å². The van der Waals surface area contributed by atoms with Gasteiger partial charge in [-0.2, -0.15) is 0 Å². The van der Waals surface area contributed by atoms with Gasteiger partial charge in [0.2, 0.25) is 0 Å². The number of nitrogens with one attached hydrogen (secondary N) is 1. The van der Waals surface area contributed by atoms with Crippen molar-refractivity contribution in [3.63, 3.8) is 0 Å². The van der Waals surface area contributed by atoms with Crippen LogP contribution in [0, 0.1) is 18.8 Å². The van der Waals surface area contributed by atoms with Gasteiger partial charge in [0, 0.05) is 11.8 Å². The molecule has 0 radical (unpaired) electrons. The molecule has 1 aromatic rings. The number of hydrogen-bond acceptors (Lipinski definition) is 6. The molecule has 0 bridgehead atoms. The van der Waals surface area contributed by atoms with Gasteiger partial charge in [0.05, 0.1) is 6.10 Å². The number of aromatic amines is 1. The molecule has 9 heteroatoms. The minimum Gasteiger partial charge on any atom is -0.391 e. The second-order valence-corrected chi connectivity index (χ2v) is 5.35. The number of rotatable bonds is 2. The number of hydrogen-bond donors (Lipinski definition) is 4. The van der Waals surface area contributed by atoms with Gasteiger partial charge >= 0.3 is 5.69 Å². The molecular weight excluding hydrogens is 311 g/mol. The van der Waals surface area contributed by atoms with E-state index in [1.165, 1.54) is 13.8 Å². The summed E-state index contributed by atoms with van der Waals surface area (Å²) in [6.45, 7) is 1.66. The Labute approximate surface area is 130 Å². The molecule has 5 atom stereocenters. The molecule has 126 valence electrons. The Morgan fingerprint density at radius 1 is 1.57 bits per heavy atom. The van der Waals surface area contributed by atoms with Crippen molar-refractivity contribution in [1.82, 2.24) is 9.55 Å². The molecular formula is C14H17FN2O6. The number of ether oxygens (including phenoxy) is 1. The summed E-state index contributed by atoms with van der Waals surface area (Å²) in [6, 6.07) is 1.09. The molecule has 1 saturated heterocycles. The minimum absolute atomic E-state index is 0.141.